The van der Waals surface area contributed by atoms with E-state index >= 15 is 0 Å². The molecule has 4 nitrogen and oxygen atoms in total. The molecule has 0 unspecified atom stereocenters. The molecule has 1 aliphatic carbocycles. The smallest absolute Gasteiger partial charge is 0.482 e. The summed E-state index contributed by atoms with van der Waals surface area (Å²) in [6, 6.07) is 16.0. The molecule has 1 aliphatic rings. The first-order chi connectivity index (χ1) is 14.9. The molecule has 0 saturated heterocycles. The third-order valence-corrected chi connectivity index (χ3v) is 4.52. The van der Waals surface area contributed by atoms with Gasteiger partial charge in [-0.15, -0.1) is 13.3 Å². The first-order valence-electron chi connectivity index (χ1n) is 10.7. The van der Waals surface area contributed by atoms with Crippen molar-refractivity contribution in [3.05, 3.63) is 71.1 Å². The number of carbonyl (C=O) groups is 1. The van der Waals surface area contributed by atoms with E-state index < -0.39 is 5.60 Å². The molecule has 0 aliphatic heterocycles. The van der Waals surface area contributed by atoms with Crippen molar-refractivity contribution in [2.24, 2.45) is 4.99 Å². The largest absolute Gasteiger partial charge is 1.00 e. The second-order valence-corrected chi connectivity index (χ2v) is 7.04. The number of nitriles is 1. The van der Waals surface area contributed by atoms with Gasteiger partial charge in [-0.1, -0.05) is 50.6 Å². The fourth-order valence-corrected chi connectivity index (χ4v) is 2.54. The third-order valence-electron chi connectivity index (χ3n) is 4.52. The van der Waals surface area contributed by atoms with Gasteiger partial charge in [0.15, 0.2) is 0 Å². The Balaban J connectivity index is 0. The van der Waals surface area contributed by atoms with Crippen LogP contribution in [0.5, 0.6) is 0 Å². The molecular weight excluding hydrogens is 423 g/mol. The van der Waals surface area contributed by atoms with E-state index in [9.17, 15) is 9.90 Å². The summed E-state index contributed by atoms with van der Waals surface area (Å²) in [4.78, 5) is 14.3. The molecule has 0 amide bonds. The molecule has 0 bridgehead atoms. The fraction of sp³-hybridized carbons (Fsp3) is 0.407. The molecule has 1 saturated carbocycles. The van der Waals surface area contributed by atoms with E-state index in [4.69, 9.17) is 5.26 Å². The second kappa shape index (κ2) is 19.3. The van der Waals surface area contributed by atoms with Gasteiger partial charge in [-0.3, -0.25) is 6.07 Å². The van der Waals surface area contributed by atoms with E-state index in [1.165, 1.54) is 19.3 Å². The minimum atomic E-state index is -1.03. The Kier molecular flexibility index (Phi) is 20.0. The summed E-state index contributed by atoms with van der Waals surface area (Å²) in [5.41, 5.74) is 3.08. The zero-order valence-corrected chi connectivity index (χ0v) is 23.8. The molecule has 32 heavy (non-hydrogen) atoms. The summed E-state index contributed by atoms with van der Waals surface area (Å²) < 4.78 is 0. The van der Waals surface area contributed by atoms with Crippen LogP contribution in [-0.2, 0) is 10.4 Å². The van der Waals surface area contributed by atoms with Crippen molar-refractivity contribution in [2.45, 2.75) is 72.8 Å². The maximum absolute atomic E-state index is 10.3. The van der Waals surface area contributed by atoms with E-state index in [0.717, 1.165) is 23.0 Å². The number of hydrogen-bond acceptors (Lipinski definition) is 4. The minimum Gasteiger partial charge on any atom is -0.482 e. The van der Waals surface area contributed by atoms with Crippen molar-refractivity contribution in [3.63, 3.8) is 0 Å². The van der Waals surface area contributed by atoms with E-state index in [1.807, 2.05) is 58.0 Å². The van der Waals surface area contributed by atoms with Crippen molar-refractivity contribution in [1.29, 1.82) is 5.26 Å². The van der Waals surface area contributed by atoms with Gasteiger partial charge in [0.1, 0.15) is 6.29 Å². The number of carbonyl (C=O) groups excluding carboxylic acids is 1. The van der Waals surface area contributed by atoms with Gasteiger partial charge in [0, 0.05) is 12.5 Å². The van der Waals surface area contributed by atoms with Crippen LogP contribution in [0, 0.1) is 37.7 Å². The topological polar surface area (TPSA) is 73.4 Å². The van der Waals surface area contributed by atoms with Crippen LogP contribution in [-0.4, -0.2) is 17.6 Å². The summed E-state index contributed by atoms with van der Waals surface area (Å²) in [5.74, 6) is 0. The van der Waals surface area contributed by atoms with Crippen LogP contribution < -0.4 is 51.4 Å². The summed E-state index contributed by atoms with van der Waals surface area (Å²) in [6.07, 6.45) is 10.0. The Morgan fingerprint density at radius 2 is 1.84 bits per heavy atom. The summed E-state index contributed by atoms with van der Waals surface area (Å²) in [6.45, 7) is 11.2. The van der Waals surface area contributed by atoms with E-state index in [-0.39, 0.29) is 57.8 Å². The first kappa shape index (κ1) is 33.0. The van der Waals surface area contributed by atoms with Crippen LogP contribution in [0.25, 0.3) is 0 Å². The Morgan fingerprint density at radius 3 is 2.25 bits per heavy atom. The number of benzene rings is 2. The number of nitrogens with zero attached hydrogens (tertiary/aromatic N) is 2. The molecule has 168 valence electrons. The number of aliphatic hydroxyl groups is 1. The van der Waals surface area contributed by atoms with Crippen LogP contribution in [0.1, 0.15) is 75.6 Å². The van der Waals surface area contributed by atoms with Crippen LogP contribution in [0.4, 0.5) is 5.69 Å². The number of rotatable bonds is 4. The molecular formula is C27H35KN2O2-2. The average molecular weight is 459 g/mol. The Bertz CT molecular complexity index is 847. The van der Waals surface area contributed by atoms with Crippen LogP contribution >= 0.6 is 0 Å². The minimum absolute atomic E-state index is 0. The van der Waals surface area contributed by atoms with Crippen LogP contribution in [0.3, 0.4) is 0 Å². The van der Waals surface area contributed by atoms with Gasteiger partial charge in [-0.25, -0.2) is 17.0 Å². The van der Waals surface area contributed by atoms with Gasteiger partial charge in [-0.05, 0) is 25.0 Å². The number of hydrogen-bond donors (Lipinski definition) is 1. The summed E-state index contributed by atoms with van der Waals surface area (Å²) in [5, 5.41) is 18.6. The van der Waals surface area contributed by atoms with Gasteiger partial charge >= 0.3 is 51.4 Å². The van der Waals surface area contributed by atoms with E-state index in [1.54, 1.807) is 19.9 Å². The van der Waals surface area contributed by atoms with Gasteiger partial charge in [0.25, 0.3) is 0 Å². The molecule has 1 N–H and O–H groups in total. The van der Waals surface area contributed by atoms with Crippen molar-refractivity contribution < 1.29 is 61.3 Å². The van der Waals surface area contributed by atoms with Crippen molar-refractivity contribution in [2.75, 3.05) is 0 Å². The van der Waals surface area contributed by atoms with Crippen LogP contribution in [0.15, 0.2) is 41.4 Å². The molecule has 2 aromatic carbocycles. The molecule has 3 rings (SSSR count). The molecule has 2 aromatic rings. The Morgan fingerprint density at radius 1 is 1.28 bits per heavy atom. The quantitative estimate of drug-likeness (QED) is 0.330. The number of aldehydes is 1. The Hall–Kier alpha value is -1.13. The normalized spacial score (nSPS) is 13.1. The summed E-state index contributed by atoms with van der Waals surface area (Å²) >= 11 is 0. The monoisotopic (exact) mass is 458 g/mol. The molecule has 5 heteroatoms. The molecule has 0 heterocycles. The SMILES string of the molecule is CC.C[C-]=Nc1[c-]cc(C#N)c(C)c1.Cc1ccccc1[C@@](C)(O)CC=O.[CH-]1CCC1.[K+]. The third kappa shape index (κ3) is 12.8. The maximum atomic E-state index is 10.3. The fourth-order valence-electron chi connectivity index (χ4n) is 2.54. The zero-order chi connectivity index (χ0) is 23.7. The first-order valence-corrected chi connectivity index (χ1v) is 10.7. The maximum Gasteiger partial charge on any atom is 1.00 e. The van der Waals surface area contributed by atoms with Crippen molar-refractivity contribution in [1.82, 2.24) is 0 Å². The predicted molar refractivity (Wildman–Crippen MR) is 128 cm³/mol. The number of aliphatic imine (C=N–C) groups is 1. The Labute approximate surface area is 237 Å². The molecule has 1 atom stereocenters. The zero-order valence-electron chi connectivity index (χ0n) is 20.7. The van der Waals surface area contributed by atoms with Crippen molar-refractivity contribution in [3.8, 4) is 6.07 Å². The predicted octanol–water partition coefficient (Wildman–Crippen LogP) is 3.46. The number of aryl methyl sites for hydroxylation is 2. The van der Waals surface area contributed by atoms with Crippen molar-refractivity contribution >= 4 is 18.2 Å². The van der Waals surface area contributed by atoms with Gasteiger partial charge in [-0.2, -0.15) is 30.7 Å². The molecule has 1 fully saturated rings. The van der Waals surface area contributed by atoms with E-state index in [0.29, 0.717) is 11.3 Å². The van der Waals surface area contributed by atoms with E-state index in [2.05, 4.69) is 29.8 Å². The molecule has 0 radical (unpaired) electrons. The van der Waals surface area contributed by atoms with Gasteiger partial charge < -0.3 is 21.3 Å². The standard InChI is InChI=1S/C11H14O2.C10H8N2.C4H7.C2H6.K/c1-9-5-3-4-6-10(9)11(2,13)7-8-12;1-3-12-10-5-4-9(7-11)8(2)6-10;1-2-4-3-1;1-2;/h3-6,8,13H,7H2,1-2H3;4,6H,1-2H3;1H,2-4H2;1-2H3;/q;-2;-1;;+1/t11-;;;;/m0..../s1. The molecule has 0 aromatic heterocycles. The van der Waals surface area contributed by atoms with Crippen LogP contribution in [0.2, 0.25) is 0 Å². The average Bonchev–Trinajstić information content (AvgIpc) is 2.69. The second-order valence-electron chi connectivity index (χ2n) is 7.04. The van der Waals surface area contributed by atoms with Gasteiger partial charge in [0.2, 0.25) is 0 Å². The summed E-state index contributed by atoms with van der Waals surface area (Å²) in [7, 11) is 0. The van der Waals surface area contributed by atoms with Gasteiger partial charge in [0.05, 0.1) is 5.60 Å². The molecule has 0 spiro atoms.